The van der Waals surface area contributed by atoms with Gasteiger partial charge in [0, 0.05) is 56.7 Å². The molecule has 0 aliphatic carbocycles. The van der Waals surface area contributed by atoms with E-state index in [-0.39, 0.29) is 18.0 Å². The van der Waals surface area contributed by atoms with E-state index in [0.717, 1.165) is 43.0 Å². The normalized spacial score (nSPS) is 22.2. The highest BCUT2D eigenvalue weighted by Gasteiger charge is 2.35. The highest BCUT2D eigenvalue weighted by Crippen LogP contribution is 2.31. The molecule has 5 rings (SSSR count). The summed E-state index contributed by atoms with van der Waals surface area (Å²) in [5, 5.41) is 10.7. The van der Waals surface area contributed by atoms with E-state index in [4.69, 9.17) is 4.42 Å². The van der Waals surface area contributed by atoms with Crippen molar-refractivity contribution in [2.24, 2.45) is 0 Å². The Kier molecular flexibility index (Phi) is 5.65. The van der Waals surface area contributed by atoms with E-state index >= 15 is 0 Å². The lowest BCUT2D eigenvalue weighted by molar-refractivity contribution is 0.0543. The van der Waals surface area contributed by atoms with Gasteiger partial charge in [-0.05, 0) is 45.7 Å². The van der Waals surface area contributed by atoms with E-state index in [1.54, 1.807) is 19.3 Å². The fraction of sp³-hybridized carbons (Fsp3) is 0.500. The molecule has 2 aliphatic heterocycles. The minimum absolute atomic E-state index is 0.0457. The molecule has 0 saturated carbocycles. The maximum Gasteiger partial charge on any atom is 0.290 e. The van der Waals surface area contributed by atoms with Crippen molar-refractivity contribution in [1.82, 2.24) is 19.9 Å². The summed E-state index contributed by atoms with van der Waals surface area (Å²) < 4.78 is 6.01. The zero-order valence-corrected chi connectivity index (χ0v) is 19.3. The number of hydrogen-bond donors (Lipinski definition) is 1. The van der Waals surface area contributed by atoms with E-state index in [0.29, 0.717) is 30.3 Å². The standard InChI is InChI=1S/C24H30N6O3/c1-15-13-29(21-7-9-25-22(27-21)17(3)31)14-16(2)30(15)24(32)20-12-18-19(33-20)6-8-26-23(18)28-10-4-5-11-28/h6-9,12,15-17,31H,4-5,10-11,13-14H2,1-3H3/t15-,16+,17-/m1/s1. The summed E-state index contributed by atoms with van der Waals surface area (Å²) in [6, 6.07) is 5.43. The molecule has 9 nitrogen and oxygen atoms in total. The van der Waals surface area contributed by atoms with Crippen LogP contribution >= 0.6 is 0 Å². The summed E-state index contributed by atoms with van der Waals surface area (Å²) in [5.41, 5.74) is 0.695. The van der Waals surface area contributed by atoms with Crippen LogP contribution < -0.4 is 9.80 Å². The van der Waals surface area contributed by atoms with E-state index in [1.165, 1.54) is 0 Å². The third kappa shape index (κ3) is 4.01. The first-order valence-electron chi connectivity index (χ1n) is 11.6. The molecule has 2 fully saturated rings. The number of nitrogens with zero attached hydrogens (tertiary/aromatic N) is 6. The van der Waals surface area contributed by atoms with Crippen molar-refractivity contribution in [2.45, 2.75) is 51.8 Å². The Hall–Kier alpha value is -3.20. The van der Waals surface area contributed by atoms with Gasteiger partial charge in [0.1, 0.15) is 23.3 Å². The zero-order valence-electron chi connectivity index (χ0n) is 19.3. The molecule has 2 aliphatic rings. The number of aliphatic hydroxyl groups is 1. The van der Waals surface area contributed by atoms with Crippen molar-refractivity contribution in [3.63, 3.8) is 0 Å². The Morgan fingerprint density at radius 1 is 1.09 bits per heavy atom. The molecule has 0 unspecified atom stereocenters. The lowest BCUT2D eigenvalue weighted by Crippen LogP contribution is -2.59. The molecule has 1 amide bonds. The Labute approximate surface area is 193 Å². The number of aromatic nitrogens is 3. The average molecular weight is 451 g/mol. The Morgan fingerprint density at radius 2 is 1.79 bits per heavy atom. The predicted octanol–water partition coefficient (Wildman–Crippen LogP) is 3.01. The molecule has 5 heterocycles. The highest BCUT2D eigenvalue weighted by molar-refractivity contribution is 5.99. The van der Waals surface area contributed by atoms with Gasteiger partial charge in [-0.2, -0.15) is 0 Å². The van der Waals surface area contributed by atoms with Crippen LogP contribution in [-0.2, 0) is 0 Å². The van der Waals surface area contributed by atoms with Gasteiger partial charge < -0.3 is 24.2 Å². The largest absolute Gasteiger partial charge is 0.451 e. The number of hydrogen-bond acceptors (Lipinski definition) is 8. The van der Waals surface area contributed by atoms with Gasteiger partial charge in [0.15, 0.2) is 11.6 Å². The number of rotatable bonds is 4. The first-order chi connectivity index (χ1) is 15.9. The van der Waals surface area contributed by atoms with Gasteiger partial charge in [0.2, 0.25) is 0 Å². The number of furan rings is 1. The van der Waals surface area contributed by atoms with Gasteiger partial charge in [-0.3, -0.25) is 4.79 Å². The molecule has 174 valence electrons. The molecule has 1 N–H and O–H groups in total. The van der Waals surface area contributed by atoms with Gasteiger partial charge in [0.25, 0.3) is 5.91 Å². The van der Waals surface area contributed by atoms with Crippen molar-refractivity contribution >= 4 is 28.5 Å². The lowest BCUT2D eigenvalue weighted by atomic mass is 10.1. The number of fused-ring (bicyclic) bond motifs is 1. The van der Waals surface area contributed by atoms with Gasteiger partial charge in [-0.15, -0.1) is 0 Å². The Bertz CT molecular complexity index is 1140. The lowest BCUT2D eigenvalue weighted by Gasteiger charge is -2.44. The molecule has 3 aromatic rings. The van der Waals surface area contributed by atoms with E-state index in [2.05, 4.69) is 24.8 Å². The molecule has 9 heteroatoms. The second-order valence-electron chi connectivity index (χ2n) is 9.12. The summed E-state index contributed by atoms with van der Waals surface area (Å²) in [7, 11) is 0. The highest BCUT2D eigenvalue weighted by atomic mass is 16.3. The maximum absolute atomic E-state index is 13.5. The minimum atomic E-state index is -0.726. The van der Waals surface area contributed by atoms with Crippen LogP contribution in [0.1, 0.15) is 56.1 Å². The van der Waals surface area contributed by atoms with Crippen LogP contribution in [0.5, 0.6) is 0 Å². The molecule has 0 bridgehead atoms. The van der Waals surface area contributed by atoms with Crippen molar-refractivity contribution in [3.8, 4) is 0 Å². The second kappa shape index (κ2) is 8.62. The topological polar surface area (TPSA) is 98.8 Å². The Balaban J connectivity index is 1.38. The number of piperazine rings is 1. The number of anilines is 2. The SMILES string of the molecule is C[C@@H]1CN(c2ccnc([C@@H](C)O)n2)C[C@H](C)N1C(=O)c1cc2c(N3CCCC3)nccc2o1. The fourth-order valence-electron chi connectivity index (χ4n) is 5.01. The van der Waals surface area contributed by atoms with Crippen LogP contribution in [0.2, 0.25) is 0 Å². The monoisotopic (exact) mass is 450 g/mol. The smallest absolute Gasteiger partial charge is 0.290 e. The molecular weight excluding hydrogens is 420 g/mol. The quantitative estimate of drug-likeness (QED) is 0.648. The molecule has 3 aromatic heterocycles. The number of carbonyl (C=O) groups excluding carboxylic acids is 1. The van der Waals surface area contributed by atoms with Crippen LogP contribution in [0.4, 0.5) is 11.6 Å². The molecule has 0 aromatic carbocycles. The van der Waals surface area contributed by atoms with Crippen LogP contribution in [0, 0.1) is 0 Å². The number of carbonyl (C=O) groups is 1. The Morgan fingerprint density at radius 3 is 2.48 bits per heavy atom. The summed E-state index contributed by atoms with van der Waals surface area (Å²) in [6.07, 6.45) is 5.01. The molecular formula is C24H30N6O3. The predicted molar refractivity (Wildman–Crippen MR) is 125 cm³/mol. The van der Waals surface area contributed by atoms with Crippen molar-refractivity contribution in [1.29, 1.82) is 0 Å². The third-order valence-corrected chi connectivity index (χ3v) is 6.55. The molecule has 33 heavy (non-hydrogen) atoms. The summed E-state index contributed by atoms with van der Waals surface area (Å²) in [4.78, 5) is 33.0. The summed E-state index contributed by atoms with van der Waals surface area (Å²) >= 11 is 0. The summed E-state index contributed by atoms with van der Waals surface area (Å²) in [5.74, 6) is 2.30. The van der Waals surface area contributed by atoms with E-state index < -0.39 is 6.10 Å². The van der Waals surface area contributed by atoms with Crippen molar-refractivity contribution < 1.29 is 14.3 Å². The van der Waals surface area contributed by atoms with E-state index in [1.807, 2.05) is 36.9 Å². The maximum atomic E-state index is 13.5. The van der Waals surface area contributed by atoms with Crippen LogP contribution in [-0.4, -0.2) is 69.1 Å². The van der Waals surface area contributed by atoms with Crippen LogP contribution in [0.3, 0.4) is 0 Å². The van der Waals surface area contributed by atoms with Gasteiger partial charge >= 0.3 is 0 Å². The first-order valence-corrected chi connectivity index (χ1v) is 11.6. The number of amides is 1. The second-order valence-corrected chi connectivity index (χ2v) is 9.12. The van der Waals surface area contributed by atoms with Crippen molar-refractivity contribution in [3.05, 3.63) is 42.2 Å². The van der Waals surface area contributed by atoms with Gasteiger partial charge in [-0.25, -0.2) is 15.0 Å². The van der Waals surface area contributed by atoms with E-state index in [9.17, 15) is 9.90 Å². The summed E-state index contributed by atoms with van der Waals surface area (Å²) in [6.45, 7) is 8.96. The van der Waals surface area contributed by atoms with Gasteiger partial charge in [0.05, 0.1) is 5.39 Å². The third-order valence-electron chi connectivity index (χ3n) is 6.55. The fourth-order valence-corrected chi connectivity index (χ4v) is 5.01. The molecule has 3 atom stereocenters. The van der Waals surface area contributed by atoms with Crippen molar-refractivity contribution in [2.75, 3.05) is 36.0 Å². The van der Waals surface area contributed by atoms with Gasteiger partial charge in [-0.1, -0.05) is 0 Å². The van der Waals surface area contributed by atoms with Crippen LogP contribution in [0.15, 0.2) is 35.0 Å². The zero-order chi connectivity index (χ0) is 23.1. The minimum Gasteiger partial charge on any atom is -0.451 e. The first kappa shape index (κ1) is 21.6. The number of pyridine rings is 1. The molecule has 0 radical (unpaired) electrons. The number of aliphatic hydroxyl groups excluding tert-OH is 1. The van der Waals surface area contributed by atoms with Crippen LogP contribution in [0.25, 0.3) is 11.0 Å². The average Bonchev–Trinajstić information content (AvgIpc) is 3.48. The molecule has 0 spiro atoms. The molecule has 2 saturated heterocycles.